The molecule has 0 aromatic rings. The van der Waals surface area contributed by atoms with E-state index in [-0.39, 0.29) is 0 Å². The van der Waals surface area contributed by atoms with Gasteiger partial charge < -0.3 is 16.0 Å². The molecule has 0 atom stereocenters. The Morgan fingerprint density at radius 2 is 1.00 bits per heavy atom. The van der Waals surface area contributed by atoms with Crippen LogP contribution >= 0.6 is 0 Å². The number of hydrogen-bond donors (Lipinski definition) is 3. The van der Waals surface area contributed by atoms with Crippen LogP contribution in [0.3, 0.4) is 0 Å². The van der Waals surface area contributed by atoms with Crippen molar-refractivity contribution in [2.45, 2.75) is 0 Å². The molecule has 0 saturated heterocycles. The molecule has 0 unspecified atom stereocenters. The first-order valence-corrected chi connectivity index (χ1v) is 5.57. The summed E-state index contributed by atoms with van der Waals surface area (Å²) in [4.78, 5) is 0. The molecule has 60 valence electrons. The summed E-state index contributed by atoms with van der Waals surface area (Å²) >= 11 is 5.28. The minimum atomic E-state index is 0.978. The minimum Gasteiger partial charge on any atom is -0.331 e. The van der Waals surface area contributed by atoms with Gasteiger partial charge in [0.05, 0.1) is 0 Å². The van der Waals surface area contributed by atoms with E-state index in [0.717, 1.165) is 37.0 Å². The van der Waals surface area contributed by atoms with Crippen LogP contribution in [0, 0.1) is 0 Å². The monoisotopic (exact) mass is 183 g/mol. The molecule has 5 heteroatoms. The lowest BCUT2D eigenvalue weighted by Crippen LogP contribution is -2.33. The molecule has 4 radical (unpaired) electrons. The second-order valence-corrected chi connectivity index (χ2v) is 2.97. The molecule has 0 bridgehead atoms. The molecule has 0 aliphatic carbocycles. The number of hydrogen-bond acceptors (Lipinski definition) is 3. The first-order chi connectivity index (χ1) is 5.41. The van der Waals surface area contributed by atoms with Gasteiger partial charge in [0.1, 0.15) is 32.6 Å². The van der Waals surface area contributed by atoms with Gasteiger partial charge in [-0.25, -0.2) is 0 Å². The Kier molecular flexibility index (Phi) is 11.9. The lowest BCUT2D eigenvalue weighted by molar-refractivity contribution is 0.618. The topological polar surface area (TPSA) is 36.1 Å². The van der Waals surface area contributed by atoms with Crippen molar-refractivity contribution in [3.8, 4) is 0 Å². The summed E-state index contributed by atoms with van der Waals surface area (Å²) in [5.41, 5.74) is 0. The molecule has 0 aliphatic rings. The summed E-state index contributed by atoms with van der Waals surface area (Å²) in [7, 11) is 0. The SMILES string of the molecule is [Al][CH2]NCCNCCN[CH2][Al]. The van der Waals surface area contributed by atoms with Gasteiger partial charge in [-0.1, -0.05) is 10.8 Å². The predicted octanol–water partition coefficient (Wildman–Crippen LogP) is -1.99. The van der Waals surface area contributed by atoms with Crippen LogP contribution in [0.15, 0.2) is 0 Å². The third kappa shape index (κ3) is 10.9. The zero-order valence-electron chi connectivity index (χ0n) is 6.90. The molecular formula is C6H15Al2N3. The highest BCUT2D eigenvalue weighted by atomic mass is 27.0. The molecule has 3 nitrogen and oxygen atoms in total. The summed E-state index contributed by atoms with van der Waals surface area (Å²) in [6, 6.07) is 0. The van der Waals surface area contributed by atoms with Crippen LogP contribution in [-0.2, 0) is 0 Å². The molecule has 0 rings (SSSR count). The predicted molar refractivity (Wildman–Crippen MR) is 50.1 cm³/mol. The lowest BCUT2D eigenvalue weighted by atomic mass is 10.5. The fourth-order valence-corrected chi connectivity index (χ4v) is 1.09. The van der Waals surface area contributed by atoms with E-state index >= 15 is 0 Å². The van der Waals surface area contributed by atoms with E-state index in [2.05, 4.69) is 48.5 Å². The molecule has 0 heterocycles. The molecule has 0 fully saturated rings. The van der Waals surface area contributed by atoms with Gasteiger partial charge in [0.15, 0.2) is 0 Å². The molecule has 0 spiro atoms. The fraction of sp³-hybridized carbons (Fsp3) is 1.00. The molecule has 0 aromatic heterocycles. The van der Waals surface area contributed by atoms with E-state index in [1.54, 1.807) is 0 Å². The first kappa shape index (κ1) is 11.9. The quantitative estimate of drug-likeness (QED) is 0.301. The van der Waals surface area contributed by atoms with Crippen LogP contribution in [-0.4, -0.2) is 69.6 Å². The highest BCUT2D eigenvalue weighted by Crippen LogP contribution is 1.58. The van der Waals surface area contributed by atoms with E-state index in [0.29, 0.717) is 0 Å². The molecule has 0 amide bonds. The summed E-state index contributed by atoms with van der Waals surface area (Å²) < 4.78 is 0. The maximum Gasteiger partial charge on any atom is 0.143 e. The molecule has 3 N–H and O–H groups in total. The Bertz CT molecular complexity index is 64.8. The standard InChI is InChI=1S/C6H15N3.2Al/c1-7-3-5-9-6-4-8-2;;/h7-9H,1-6H2;;. The molecular weight excluding hydrogens is 168 g/mol. The summed E-state index contributed by atoms with van der Waals surface area (Å²) in [5.74, 6) is 0. The van der Waals surface area contributed by atoms with Crippen LogP contribution < -0.4 is 16.0 Å². The highest BCUT2D eigenvalue weighted by molar-refractivity contribution is 6.08. The van der Waals surface area contributed by atoms with Gasteiger partial charge in [0, 0.05) is 26.2 Å². The normalized spacial score (nSPS) is 10.2. The van der Waals surface area contributed by atoms with Crippen LogP contribution in [0.4, 0.5) is 0 Å². The van der Waals surface area contributed by atoms with Gasteiger partial charge in [0.2, 0.25) is 0 Å². The van der Waals surface area contributed by atoms with Crippen molar-refractivity contribution in [1.82, 2.24) is 16.0 Å². The van der Waals surface area contributed by atoms with E-state index in [1.807, 2.05) is 0 Å². The average Bonchev–Trinajstić information content (AvgIpc) is 2.03. The molecule has 0 saturated carbocycles. The minimum absolute atomic E-state index is 0.978. The average molecular weight is 183 g/mol. The molecule has 11 heavy (non-hydrogen) atoms. The van der Waals surface area contributed by atoms with Crippen LogP contribution in [0.1, 0.15) is 0 Å². The van der Waals surface area contributed by atoms with Crippen molar-refractivity contribution in [3.63, 3.8) is 0 Å². The Labute approximate surface area is 85.5 Å². The molecule has 0 aromatic carbocycles. The highest BCUT2D eigenvalue weighted by Gasteiger charge is 1.84. The zero-order valence-corrected chi connectivity index (χ0v) is 9.21. The summed E-state index contributed by atoms with van der Waals surface area (Å²) in [6.45, 7) is 4.19. The summed E-state index contributed by atoms with van der Waals surface area (Å²) in [5, 5.41) is 11.7. The number of rotatable bonds is 8. The van der Waals surface area contributed by atoms with E-state index < -0.39 is 0 Å². The van der Waals surface area contributed by atoms with Crippen LogP contribution in [0.2, 0.25) is 0 Å². The summed E-state index contributed by atoms with van der Waals surface area (Å²) in [6.07, 6.45) is 0. The van der Waals surface area contributed by atoms with Crippen molar-refractivity contribution in [2.24, 2.45) is 0 Å². The van der Waals surface area contributed by atoms with E-state index in [9.17, 15) is 0 Å². The van der Waals surface area contributed by atoms with Crippen molar-refractivity contribution >= 4 is 32.6 Å². The fourth-order valence-electron chi connectivity index (χ4n) is 0.683. The van der Waals surface area contributed by atoms with Crippen molar-refractivity contribution in [2.75, 3.05) is 37.0 Å². The number of nitrogens with one attached hydrogen (secondary N) is 3. The Morgan fingerprint density at radius 1 is 0.636 bits per heavy atom. The van der Waals surface area contributed by atoms with Crippen molar-refractivity contribution < 1.29 is 0 Å². The van der Waals surface area contributed by atoms with E-state index in [1.165, 1.54) is 0 Å². The van der Waals surface area contributed by atoms with Crippen LogP contribution in [0.25, 0.3) is 0 Å². The Hall–Kier alpha value is 0.945. The molecule has 0 aliphatic heterocycles. The van der Waals surface area contributed by atoms with Gasteiger partial charge in [-0.2, -0.15) is 0 Å². The van der Waals surface area contributed by atoms with Crippen molar-refractivity contribution in [3.05, 3.63) is 0 Å². The largest absolute Gasteiger partial charge is 0.331 e. The Balaban J connectivity index is 2.69. The second kappa shape index (κ2) is 10.9. The van der Waals surface area contributed by atoms with Gasteiger partial charge >= 0.3 is 0 Å². The zero-order chi connectivity index (χ0) is 8.36. The third-order valence-corrected chi connectivity index (χ3v) is 1.82. The Morgan fingerprint density at radius 3 is 1.36 bits per heavy atom. The first-order valence-electron chi connectivity index (χ1n) is 3.94. The van der Waals surface area contributed by atoms with Gasteiger partial charge in [-0.15, -0.1) is 0 Å². The van der Waals surface area contributed by atoms with Gasteiger partial charge in [-0.3, -0.25) is 0 Å². The second-order valence-electron chi connectivity index (χ2n) is 2.16. The van der Waals surface area contributed by atoms with Crippen LogP contribution in [0.5, 0.6) is 0 Å². The smallest absolute Gasteiger partial charge is 0.143 e. The van der Waals surface area contributed by atoms with Gasteiger partial charge in [0.25, 0.3) is 0 Å². The van der Waals surface area contributed by atoms with Crippen molar-refractivity contribution in [1.29, 1.82) is 0 Å². The maximum absolute atomic E-state index is 3.31. The third-order valence-electron chi connectivity index (χ3n) is 1.25. The maximum atomic E-state index is 3.31. The van der Waals surface area contributed by atoms with E-state index in [4.69, 9.17) is 0 Å². The van der Waals surface area contributed by atoms with Gasteiger partial charge in [-0.05, 0) is 0 Å². The lowest BCUT2D eigenvalue weighted by Gasteiger charge is -2.05.